The van der Waals surface area contributed by atoms with E-state index in [1.165, 1.54) is 18.2 Å². The fourth-order valence-corrected chi connectivity index (χ4v) is 1.70. The van der Waals surface area contributed by atoms with Crippen LogP contribution in [0.25, 0.3) is 0 Å². The number of hydrogen-bond donors (Lipinski definition) is 0. The first-order valence-electron chi connectivity index (χ1n) is 5.78. The van der Waals surface area contributed by atoms with Crippen molar-refractivity contribution < 1.29 is 18.4 Å². The van der Waals surface area contributed by atoms with Crippen molar-refractivity contribution in [1.82, 2.24) is 0 Å². The summed E-state index contributed by atoms with van der Waals surface area (Å²) in [7, 11) is 0. The zero-order valence-corrected chi connectivity index (χ0v) is 10.6. The molecule has 0 aliphatic rings. The molecule has 0 aliphatic carbocycles. The second kappa shape index (κ2) is 5.64. The van der Waals surface area contributed by atoms with Crippen LogP contribution in [0.5, 0.6) is 5.75 Å². The topological polar surface area (TPSA) is 52.4 Å². The number of aryl methyl sites for hydroxylation is 1. The SMILES string of the molecule is Cc1ccc(F)c(OCc2cc(F)cc([N+](=O)[O-])c2)c1. The van der Waals surface area contributed by atoms with E-state index < -0.39 is 16.6 Å². The molecule has 0 fully saturated rings. The minimum atomic E-state index is -0.734. The molecule has 4 nitrogen and oxygen atoms in total. The van der Waals surface area contributed by atoms with Gasteiger partial charge in [-0.2, -0.15) is 0 Å². The van der Waals surface area contributed by atoms with E-state index in [-0.39, 0.29) is 23.6 Å². The maximum Gasteiger partial charge on any atom is 0.272 e. The Labute approximate surface area is 113 Å². The second-order valence-electron chi connectivity index (χ2n) is 4.30. The summed E-state index contributed by atoms with van der Waals surface area (Å²) in [5.74, 6) is -1.25. The lowest BCUT2D eigenvalue weighted by molar-refractivity contribution is -0.385. The zero-order valence-electron chi connectivity index (χ0n) is 10.6. The molecule has 0 saturated carbocycles. The molecule has 0 radical (unpaired) electrons. The molecule has 2 rings (SSSR count). The molecule has 0 saturated heterocycles. The van der Waals surface area contributed by atoms with Gasteiger partial charge in [0, 0.05) is 6.07 Å². The third-order valence-electron chi connectivity index (χ3n) is 2.63. The van der Waals surface area contributed by atoms with E-state index in [1.807, 2.05) is 0 Å². The van der Waals surface area contributed by atoms with E-state index in [9.17, 15) is 18.9 Å². The molecule has 0 atom stereocenters. The van der Waals surface area contributed by atoms with Crippen LogP contribution >= 0.6 is 0 Å². The quantitative estimate of drug-likeness (QED) is 0.632. The average Bonchev–Trinajstić information content (AvgIpc) is 2.39. The fourth-order valence-electron chi connectivity index (χ4n) is 1.70. The van der Waals surface area contributed by atoms with Crippen molar-refractivity contribution in [2.24, 2.45) is 0 Å². The lowest BCUT2D eigenvalue weighted by atomic mass is 10.2. The summed E-state index contributed by atoms with van der Waals surface area (Å²) in [6.07, 6.45) is 0. The Morgan fingerprint density at radius 2 is 1.95 bits per heavy atom. The number of halogens is 2. The highest BCUT2D eigenvalue weighted by molar-refractivity contribution is 5.35. The van der Waals surface area contributed by atoms with Crippen molar-refractivity contribution in [3.05, 3.63) is 69.3 Å². The van der Waals surface area contributed by atoms with Gasteiger partial charge in [0.05, 0.1) is 11.0 Å². The third kappa shape index (κ3) is 3.28. The smallest absolute Gasteiger partial charge is 0.272 e. The highest BCUT2D eigenvalue weighted by Gasteiger charge is 2.11. The number of rotatable bonds is 4. The van der Waals surface area contributed by atoms with E-state index in [2.05, 4.69) is 0 Å². The number of non-ortho nitro benzene ring substituents is 1. The van der Waals surface area contributed by atoms with Crippen molar-refractivity contribution in [2.45, 2.75) is 13.5 Å². The first kappa shape index (κ1) is 13.9. The van der Waals surface area contributed by atoms with Gasteiger partial charge in [0.15, 0.2) is 11.6 Å². The van der Waals surface area contributed by atoms with E-state index in [0.717, 1.165) is 17.7 Å². The molecule has 0 unspecified atom stereocenters. The van der Waals surface area contributed by atoms with Crippen molar-refractivity contribution in [3.8, 4) is 5.75 Å². The first-order valence-corrected chi connectivity index (χ1v) is 5.78. The lowest BCUT2D eigenvalue weighted by Crippen LogP contribution is -2.00. The predicted molar refractivity (Wildman–Crippen MR) is 68.5 cm³/mol. The van der Waals surface area contributed by atoms with Crippen LogP contribution in [-0.2, 0) is 6.61 Å². The summed E-state index contributed by atoms with van der Waals surface area (Å²) in [4.78, 5) is 9.92. The van der Waals surface area contributed by atoms with Crippen molar-refractivity contribution in [1.29, 1.82) is 0 Å². The van der Waals surface area contributed by atoms with Gasteiger partial charge in [-0.25, -0.2) is 8.78 Å². The molecular formula is C14H11F2NO3. The summed E-state index contributed by atoms with van der Waals surface area (Å²) in [6.45, 7) is 1.62. The van der Waals surface area contributed by atoms with Gasteiger partial charge in [-0.15, -0.1) is 0 Å². The van der Waals surface area contributed by atoms with Crippen LogP contribution in [0, 0.1) is 28.7 Å². The molecular weight excluding hydrogens is 268 g/mol. The van der Waals surface area contributed by atoms with Gasteiger partial charge in [-0.05, 0) is 36.2 Å². The minimum Gasteiger partial charge on any atom is -0.486 e. The van der Waals surface area contributed by atoms with Crippen molar-refractivity contribution in [3.63, 3.8) is 0 Å². The van der Waals surface area contributed by atoms with E-state index in [4.69, 9.17) is 4.74 Å². The maximum atomic E-state index is 13.5. The summed E-state index contributed by atoms with van der Waals surface area (Å²) in [6, 6.07) is 7.48. The minimum absolute atomic E-state index is 0.0249. The molecule has 0 amide bonds. The Kier molecular flexibility index (Phi) is 3.93. The van der Waals surface area contributed by atoms with Crippen LogP contribution in [0.1, 0.15) is 11.1 Å². The molecule has 0 N–H and O–H groups in total. The van der Waals surface area contributed by atoms with Crippen LogP contribution in [0.15, 0.2) is 36.4 Å². The normalized spacial score (nSPS) is 10.3. The second-order valence-corrected chi connectivity index (χ2v) is 4.30. The van der Waals surface area contributed by atoms with Gasteiger partial charge >= 0.3 is 0 Å². The van der Waals surface area contributed by atoms with Crippen LogP contribution in [0.2, 0.25) is 0 Å². The highest BCUT2D eigenvalue weighted by atomic mass is 19.1. The first-order chi connectivity index (χ1) is 9.45. The van der Waals surface area contributed by atoms with E-state index in [1.54, 1.807) is 13.0 Å². The van der Waals surface area contributed by atoms with E-state index in [0.29, 0.717) is 0 Å². The van der Waals surface area contributed by atoms with Gasteiger partial charge in [0.1, 0.15) is 12.4 Å². The molecule has 0 bridgehead atoms. The molecule has 20 heavy (non-hydrogen) atoms. The monoisotopic (exact) mass is 279 g/mol. The molecule has 0 aromatic heterocycles. The third-order valence-corrected chi connectivity index (χ3v) is 2.63. The number of nitro groups is 1. The Morgan fingerprint density at radius 3 is 2.65 bits per heavy atom. The lowest BCUT2D eigenvalue weighted by Gasteiger charge is -2.08. The van der Waals surface area contributed by atoms with Gasteiger partial charge in [-0.3, -0.25) is 10.1 Å². The number of nitro benzene ring substituents is 1. The van der Waals surface area contributed by atoms with Gasteiger partial charge in [0.25, 0.3) is 5.69 Å². The Balaban J connectivity index is 2.18. The number of ether oxygens (including phenoxy) is 1. The van der Waals surface area contributed by atoms with Crippen LogP contribution in [-0.4, -0.2) is 4.92 Å². The average molecular weight is 279 g/mol. The summed E-state index contributed by atoms with van der Waals surface area (Å²) >= 11 is 0. The largest absolute Gasteiger partial charge is 0.486 e. The van der Waals surface area contributed by atoms with Gasteiger partial charge < -0.3 is 4.74 Å². The molecule has 2 aromatic carbocycles. The standard InChI is InChI=1S/C14H11F2NO3/c1-9-2-3-13(16)14(4-9)20-8-10-5-11(15)7-12(6-10)17(18)19/h2-7H,8H2,1H3. The van der Waals surface area contributed by atoms with E-state index >= 15 is 0 Å². The maximum absolute atomic E-state index is 13.5. The van der Waals surface area contributed by atoms with Gasteiger partial charge in [0.2, 0.25) is 0 Å². The predicted octanol–water partition coefficient (Wildman–Crippen LogP) is 3.76. The highest BCUT2D eigenvalue weighted by Crippen LogP contribution is 2.21. The summed E-state index contributed by atoms with van der Waals surface area (Å²) in [5, 5.41) is 10.6. The molecule has 6 heteroatoms. The molecule has 0 spiro atoms. The molecule has 104 valence electrons. The van der Waals surface area contributed by atoms with Gasteiger partial charge in [-0.1, -0.05) is 6.07 Å². The van der Waals surface area contributed by atoms with Crippen molar-refractivity contribution in [2.75, 3.05) is 0 Å². The fraction of sp³-hybridized carbons (Fsp3) is 0.143. The molecule has 2 aromatic rings. The zero-order chi connectivity index (χ0) is 14.7. The van der Waals surface area contributed by atoms with Crippen LogP contribution in [0.4, 0.5) is 14.5 Å². The molecule has 0 aliphatic heterocycles. The summed E-state index contributed by atoms with van der Waals surface area (Å²) in [5.41, 5.74) is 0.706. The Bertz CT molecular complexity index is 659. The number of nitrogens with zero attached hydrogens (tertiary/aromatic N) is 1. The molecule has 0 heterocycles. The summed E-state index contributed by atoms with van der Waals surface area (Å²) < 4.78 is 31.9. The number of hydrogen-bond acceptors (Lipinski definition) is 3. The Hall–Kier alpha value is -2.50. The van der Waals surface area contributed by atoms with Crippen LogP contribution in [0.3, 0.4) is 0 Å². The van der Waals surface area contributed by atoms with Crippen molar-refractivity contribution >= 4 is 5.69 Å². The number of benzene rings is 2. The van der Waals surface area contributed by atoms with Crippen LogP contribution < -0.4 is 4.74 Å². The Morgan fingerprint density at radius 1 is 1.20 bits per heavy atom.